The van der Waals surface area contributed by atoms with E-state index >= 15 is 0 Å². The van der Waals surface area contributed by atoms with Gasteiger partial charge in [0.15, 0.2) is 10.9 Å². The predicted molar refractivity (Wildman–Crippen MR) is 136 cm³/mol. The fourth-order valence-electron chi connectivity index (χ4n) is 5.71. The number of hydrogen-bond acceptors (Lipinski definition) is 7. The average molecular weight is 507 g/mol. The number of fused-ring (bicyclic) bond motifs is 1. The van der Waals surface area contributed by atoms with Crippen LogP contribution >= 0.6 is 24.2 Å². The van der Waals surface area contributed by atoms with Crippen molar-refractivity contribution < 1.29 is 14.3 Å². The number of methoxy groups -OCH3 is 1. The lowest BCUT2D eigenvalue weighted by atomic mass is 9.92. The zero-order valence-electron chi connectivity index (χ0n) is 20.3. The molecule has 1 aliphatic carbocycles. The van der Waals surface area contributed by atoms with Gasteiger partial charge in [0.2, 0.25) is 0 Å². The number of nitrogens with zero attached hydrogens (tertiary/aromatic N) is 4. The minimum atomic E-state index is 0. The number of benzene rings is 1. The van der Waals surface area contributed by atoms with Crippen LogP contribution in [0.1, 0.15) is 60.3 Å². The number of halogens is 1. The lowest BCUT2D eigenvalue weighted by molar-refractivity contribution is 0.0828. The zero-order valence-corrected chi connectivity index (χ0v) is 21.9. The Labute approximate surface area is 212 Å². The third-order valence-corrected chi connectivity index (χ3v) is 8.78. The molecule has 0 spiro atoms. The van der Waals surface area contributed by atoms with Crippen LogP contribution in [-0.4, -0.2) is 71.2 Å². The summed E-state index contributed by atoms with van der Waals surface area (Å²) in [5, 5.41) is 9.95. The number of Topliss-reactive ketones (excluding diaryl/α,β-unsaturated/α-hetero) is 1. The van der Waals surface area contributed by atoms with Crippen molar-refractivity contribution in [3.05, 3.63) is 35.2 Å². The van der Waals surface area contributed by atoms with E-state index in [4.69, 9.17) is 9.47 Å². The Morgan fingerprint density at radius 2 is 2.09 bits per heavy atom. The van der Waals surface area contributed by atoms with Crippen LogP contribution in [0.3, 0.4) is 0 Å². The summed E-state index contributed by atoms with van der Waals surface area (Å²) in [6.07, 6.45) is 4.44. The predicted octanol–water partition coefficient (Wildman–Crippen LogP) is 4.10. The van der Waals surface area contributed by atoms with E-state index in [1.54, 1.807) is 14.0 Å². The van der Waals surface area contributed by atoms with Gasteiger partial charge in [0.05, 0.1) is 12.7 Å². The van der Waals surface area contributed by atoms with E-state index in [1.165, 1.54) is 12.0 Å². The lowest BCUT2D eigenvalue weighted by Crippen LogP contribution is -2.28. The summed E-state index contributed by atoms with van der Waals surface area (Å²) in [6, 6.07) is 6.20. The Bertz CT molecular complexity index is 1030. The van der Waals surface area contributed by atoms with Gasteiger partial charge >= 0.3 is 0 Å². The van der Waals surface area contributed by atoms with Crippen molar-refractivity contribution in [2.24, 2.45) is 13.0 Å². The van der Waals surface area contributed by atoms with E-state index in [2.05, 4.69) is 38.8 Å². The van der Waals surface area contributed by atoms with Gasteiger partial charge < -0.3 is 18.9 Å². The van der Waals surface area contributed by atoms with E-state index in [0.29, 0.717) is 23.1 Å². The van der Waals surface area contributed by atoms with Gasteiger partial charge in [0.25, 0.3) is 0 Å². The van der Waals surface area contributed by atoms with Crippen LogP contribution < -0.4 is 4.74 Å². The highest BCUT2D eigenvalue weighted by molar-refractivity contribution is 7.99. The second-order valence-corrected chi connectivity index (χ2v) is 10.8. The third kappa shape index (κ3) is 4.87. The molecule has 2 unspecified atom stereocenters. The molecule has 1 aromatic heterocycles. The summed E-state index contributed by atoms with van der Waals surface area (Å²) in [5.74, 6) is 4.07. The molecule has 0 radical (unpaired) electrons. The fourth-order valence-corrected chi connectivity index (χ4v) is 6.55. The van der Waals surface area contributed by atoms with Gasteiger partial charge in [-0.15, -0.1) is 22.6 Å². The normalized spacial score (nSPS) is 24.5. The molecule has 0 bridgehead atoms. The van der Waals surface area contributed by atoms with Crippen molar-refractivity contribution in [3.8, 4) is 5.75 Å². The van der Waals surface area contributed by atoms with Gasteiger partial charge in [0.1, 0.15) is 11.6 Å². The highest BCUT2D eigenvalue weighted by Gasteiger charge is 2.60. The largest absolute Gasteiger partial charge is 0.496 e. The molecule has 2 aromatic rings. The molecule has 5 rings (SSSR count). The number of thioether (sulfide) groups is 1. The van der Waals surface area contributed by atoms with Crippen LogP contribution in [0.2, 0.25) is 0 Å². The Balaban J connectivity index is 0.00000274. The number of likely N-dealkylation sites (tertiary alicyclic amines) is 1. The molecule has 2 saturated heterocycles. The van der Waals surface area contributed by atoms with E-state index in [0.717, 1.165) is 68.8 Å². The summed E-state index contributed by atoms with van der Waals surface area (Å²) < 4.78 is 13.0. The van der Waals surface area contributed by atoms with Gasteiger partial charge in [-0.25, -0.2) is 0 Å². The second-order valence-electron chi connectivity index (χ2n) is 9.75. The Hall–Kier alpha value is -1.61. The molecule has 9 heteroatoms. The molecule has 2 atom stereocenters. The molecule has 3 aliphatic rings. The number of hydrogen-bond donors (Lipinski definition) is 0. The number of carbonyl (C=O) groups is 1. The molecule has 1 saturated carbocycles. The molecule has 3 heterocycles. The van der Waals surface area contributed by atoms with Crippen LogP contribution in [0, 0.1) is 5.92 Å². The van der Waals surface area contributed by atoms with Crippen LogP contribution in [-0.2, 0) is 17.2 Å². The number of ether oxygens (including phenoxy) is 2. The maximum Gasteiger partial charge on any atom is 0.190 e. The first kappa shape index (κ1) is 25.5. The zero-order chi connectivity index (χ0) is 23.0. The van der Waals surface area contributed by atoms with Crippen molar-refractivity contribution in [1.82, 2.24) is 19.7 Å². The molecule has 34 heavy (non-hydrogen) atoms. The first-order chi connectivity index (χ1) is 16.0. The van der Waals surface area contributed by atoms with Crippen molar-refractivity contribution in [2.75, 3.05) is 45.7 Å². The van der Waals surface area contributed by atoms with Crippen molar-refractivity contribution in [3.63, 3.8) is 0 Å². The van der Waals surface area contributed by atoms with Crippen molar-refractivity contribution >= 4 is 30.0 Å². The van der Waals surface area contributed by atoms with E-state index in [9.17, 15) is 4.79 Å². The Kier molecular flexibility index (Phi) is 7.92. The summed E-state index contributed by atoms with van der Waals surface area (Å²) in [5.41, 5.74) is 2.23. The molecule has 7 nitrogen and oxygen atoms in total. The third-order valence-electron chi connectivity index (χ3n) is 7.67. The van der Waals surface area contributed by atoms with Crippen LogP contribution in [0.5, 0.6) is 5.75 Å². The van der Waals surface area contributed by atoms with Crippen LogP contribution in [0.15, 0.2) is 23.4 Å². The molecular weight excluding hydrogens is 472 g/mol. The highest BCUT2D eigenvalue weighted by atomic mass is 35.5. The lowest BCUT2D eigenvalue weighted by Gasteiger charge is -2.22. The standard InChI is InChI=1S/C25H34N4O3S.ClH/c1-17(30)21-13-19(5-6-22(21)31-3)25-14-20(25)15-29(16-25)9-4-12-33-24-27-26-23(28(24)2)18-7-10-32-11-8-18;/h5-6,13,18,20H,4,7-12,14-16H2,1-3H3;1H. The average Bonchev–Trinajstić information content (AvgIpc) is 3.21. The molecule has 0 amide bonds. The quantitative estimate of drug-likeness (QED) is 0.288. The molecule has 186 valence electrons. The summed E-state index contributed by atoms with van der Waals surface area (Å²) in [6.45, 7) is 6.61. The molecular formula is C25H35ClN4O3S. The molecule has 2 aliphatic heterocycles. The van der Waals surface area contributed by atoms with Crippen molar-refractivity contribution in [1.29, 1.82) is 0 Å². The SMILES string of the molecule is COc1ccc(C23CC2CN(CCCSc2nnc(C4CCOCC4)n2C)C3)cc1C(C)=O.Cl. The number of piperidine rings is 1. The van der Waals surface area contributed by atoms with E-state index < -0.39 is 0 Å². The number of rotatable bonds is 9. The summed E-state index contributed by atoms with van der Waals surface area (Å²) >= 11 is 1.81. The minimum Gasteiger partial charge on any atom is -0.496 e. The maximum atomic E-state index is 12.1. The maximum absolute atomic E-state index is 12.1. The second kappa shape index (κ2) is 10.6. The van der Waals surface area contributed by atoms with Gasteiger partial charge in [-0.05, 0) is 62.8 Å². The van der Waals surface area contributed by atoms with Crippen LogP contribution in [0.4, 0.5) is 0 Å². The Morgan fingerprint density at radius 1 is 1.29 bits per heavy atom. The number of carbonyl (C=O) groups excluding carboxylic acids is 1. The van der Waals surface area contributed by atoms with E-state index in [-0.39, 0.29) is 23.6 Å². The molecule has 3 fully saturated rings. The van der Waals surface area contributed by atoms with Gasteiger partial charge in [-0.2, -0.15) is 0 Å². The van der Waals surface area contributed by atoms with Gasteiger partial charge in [-0.1, -0.05) is 17.8 Å². The van der Waals surface area contributed by atoms with Crippen LogP contribution in [0.25, 0.3) is 0 Å². The van der Waals surface area contributed by atoms with E-state index in [1.807, 2.05) is 17.8 Å². The first-order valence-corrected chi connectivity index (χ1v) is 13.0. The fraction of sp³-hybridized carbons (Fsp3) is 0.640. The molecule has 0 N–H and O–H groups in total. The monoisotopic (exact) mass is 506 g/mol. The number of aromatic nitrogens is 3. The Morgan fingerprint density at radius 3 is 2.82 bits per heavy atom. The first-order valence-electron chi connectivity index (χ1n) is 12.0. The number of ketones is 1. The highest BCUT2D eigenvalue weighted by Crippen LogP contribution is 2.59. The summed E-state index contributed by atoms with van der Waals surface area (Å²) in [4.78, 5) is 14.7. The van der Waals surface area contributed by atoms with Gasteiger partial charge in [-0.3, -0.25) is 4.79 Å². The van der Waals surface area contributed by atoms with Gasteiger partial charge in [0, 0.05) is 50.4 Å². The molecule has 1 aromatic carbocycles. The smallest absolute Gasteiger partial charge is 0.190 e. The summed E-state index contributed by atoms with van der Waals surface area (Å²) in [7, 11) is 3.72. The minimum absolute atomic E-state index is 0. The van der Waals surface area contributed by atoms with Crippen molar-refractivity contribution in [2.45, 2.75) is 49.1 Å². The topological polar surface area (TPSA) is 69.5 Å².